The van der Waals surface area contributed by atoms with E-state index < -0.39 is 0 Å². The summed E-state index contributed by atoms with van der Waals surface area (Å²) in [5.74, 6) is 0.0378. The van der Waals surface area contributed by atoms with E-state index in [1.54, 1.807) is 24.3 Å². The van der Waals surface area contributed by atoms with Crippen LogP contribution in [0.1, 0.15) is 10.4 Å². The van der Waals surface area contributed by atoms with Crippen LogP contribution >= 0.6 is 15.9 Å². The minimum Gasteiger partial charge on any atom is -0.302 e. The third-order valence-corrected chi connectivity index (χ3v) is 3.40. The van der Waals surface area contributed by atoms with Crippen molar-refractivity contribution < 1.29 is 9.42 Å². The number of anilines is 1. The molecule has 0 bridgehead atoms. The topological polar surface area (TPSA) is 68.0 Å². The molecule has 1 heterocycles. The van der Waals surface area contributed by atoms with Gasteiger partial charge in [-0.15, -0.1) is 0 Å². The molecule has 1 aromatic heterocycles. The van der Waals surface area contributed by atoms with Gasteiger partial charge in [-0.25, -0.2) is 4.63 Å². The molecule has 104 valence electrons. The second-order valence-electron chi connectivity index (χ2n) is 4.29. The second-order valence-corrected chi connectivity index (χ2v) is 5.20. The number of hydrogen-bond acceptors (Lipinski definition) is 4. The van der Waals surface area contributed by atoms with Gasteiger partial charge in [0, 0.05) is 15.6 Å². The Balaban J connectivity index is 1.86. The molecule has 0 saturated heterocycles. The van der Waals surface area contributed by atoms with Gasteiger partial charge < -0.3 is 5.32 Å². The maximum absolute atomic E-state index is 12.1. The van der Waals surface area contributed by atoms with Gasteiger partial charge >= 0.3 is 0 Å². The number of rotatable bonds is 3. The number of carbonyl (C=O) groups excluding carboxylic acids is 1. The van der Waals surface area contributed by atoms with Crippen molar-refractivity contribution in [2.75, 3.05) is 5.32 Å². The maximum atomic E-state index is 12.1. The summed E-state index contributed by atoms with van der Waals surface area (Å²) in [6, 6.07) is 16.4. The standard InChI is InChI=1S/C15H10BrN3O2/c16-12-8-6-10(7-9-12)13-14(19-21-18-13)17-15(20)11-4-2-1-3-5-11/h1-9H,(H,17,19,20). The van der Waals surface area contributed by atoms with Crippen molar-refractivity contribution in [3.8, 4) is 11.3 Å². The van der Waals surface area contributed by atoms with Crippen LogP contribution in [0.15, 0.2) is 63.7 Å². The average molecular weight is 344 g/mol. The zero-order chi connectivity index (χ0) is 14.7. The molecule has 6 heteroatoms. The molecule has 0 aliphatic heterocycles. The molecular formula is C15H10BrN3O2. The Morgan fingerprint density at radius 1 is 1.00 bits per heavy atom. The molecule has 0 spiro atoms. The van der Waals surface area contributed by atoms with E-state index in [0.29, 0.717) is 17.1 Å². The number of nitrogens with zero attached hydrogens (tertiary/aromatic N) is 2. The Labute approximate surface area is 129 Å². The van der Waals surface area contributed by atoms with Crippen LogP contribution in [0, 0.1) is 0 Å². The molecule has 5 nitrogen and oxygen atoms in total. The molecule has 0 saturated carbocycles. The molecule has 0 atom stereocenters. The number of carbonyl (C=O) groups is 1. The zero-order valence-corrected chi connectivity index (χ0v) is 12.4. The Bertz CT molecular complexity index is 754. The summed E-state index contributed by atoms with van der Waals surface area (Å²) in [4.78, 5) is 12.1. The van der Waals surface area contributed by atoms with Crippen molar-refractivity contribution in [1.82, 2.24) is 10.3 Å². The predicted molar refractivity (Wildman–Crippen MR) is 81.8 cm³/mol. The van der Waals surface area contributed by atoms with Gasteiger partial charge in [-0.05, 0) is 34.6 Å². The predicted octanol–water partition coefficient (Wildman–Crippen LogP) is 3.75. The number of hydrogen-bond donors (Lipinski definition) is 1. The molecular weight excluding hydrogens is 334 g/mol. The van der Waals surface area contributed by atoms with Crippen LogP contribution in [0.25, 0.3) is 11.3 Å². The van der Waals surface area contributed by atoms with Crippen LogP contribution in [0.3, 0.4) is 0 Å². The first-order valence-electron chi connectivity index (χ1n) is 6.19. The molecule has 3 aromatic rings. The molecule has 0 aliphatic carbocycles. The summed E-state index contributed by atoms with van der Waals surface area (Å²) in [7, 11) is 0. The Kier molecular flexibility index (Phi) is 3.79. The van der Waals surface area contributed by atoms with E-state index in [-0.39, 0.29) is 5.91 Å². The van der Waals surface area contributed by atoms with E-state index in [4.69, 9.17) is 4.63 Å². The van der Waals surface area contributed by atoms with Crippen LogP contribution in [0.4, 0.5) is 5.82 Å². The van der Waals surface area contributed by atoms with Gasteiger partial charge in [-0.2, -0.15) is 0 Å². The van der Waals surface area contributed by atoms with Crippen LogP contribution in [0.5, 0.6) is 0 Å². The zero-order valence-electron chi connectivity index (χ0n) is 10.8. The molecule has 1 N–H and O–H groups in total. The normalized spacial score (nSPS) is 10.3. The fourth-order valence-electron chi connectivity index (χ4n) is 1.84. The van der Waals surface area contributed by atoms with E-state index >= 15 is 0 Å². The minimum atomic E-state index is -0.260. The van der Waals surface area contributed by atoms with Gasteiger partial charge in [0.2, 0.25) is 5.82 Å². The fourth-order valence-corrected chi connectivity index (χ4v) is 2.10. The van der Waals surface area contributed by atoms with E-state index in [0.717, 1.165) is 10.0 Å². The highest BCUT2D eigenvalue weighted by molar-refractivity contribution is 9.10. The highest BCUT2D eigenvalue weighted by atomic mass is 79.9. The van der Waals surface area contributed by atoms with Gasteiger partial charge in [0.25, 0.3) is 5.91 Å². The summed E-state index contributed by atoms with van der Waals surface area (Å²) in [6.45, 7) is 0. The SMILES string of the molecule is O=C(Nc1nonc1-c1ccc(Br)cc1)c1ccccc1. The lowest BCUT2D eigenvalue weighted by atomic mass is 10.1. The summed E-state index contributed by atoms with van der Waals surface area (Å²) in [5, 5.41) is 10.3. The fraction of sp³-hybridized carbons (Fsp3) is 0. The number of amides is 1. The van der Waals surface area contributed by atoms with E-state index in [9.17, 15) is 4.79 Å². The quantitative estimate of drug-likeness (QED) is 0.786. The van der Waals surface area contributed by atoms with Gasteiger partial charge in [0.1, 0.15) is 0 Å². The lowest BCUT2D eigenvalue weighted by Crippen LogP contribution is -2.12. The largest absolute Gasteiger partial charge is 0.302 e. The lowest BCUT2D eigenvalue weighted by molar-refractivity contribution is 0.102. The van der Waals surface area contributed by atoms with E-state index in [2.05, 4.69) is 31.6 Å². The highest BCUT2D eigenvalue weighted by Crippen LogP contribution is 2.26. The van der Waals surface area contributed by atoms with Crippen LogP contribution in [0.2, 0.25) is 0 Å². The molecule has 0 aliphatic rings. The summed E-state index contributed by atoms with van der Waals surface area (Å²) in [6.07, 6.45) is 0. The van der Waals surface area contributed by atoms with Crippen molar-refractivity contribution in [3.63, 3.8) is 0 Å². The highest BCUT2D eigenvalue weighted by Gasteiger charge is 2.15. The van der Waals surface area contributed by atoms with Gasteiger partial charge in [0.05, 0.1) is 0 Å². The van der Waals surface area contributed by atoms with E-state index in [1.807, 2.05) is 30.3 Å². The minimum absolute atomic E-state index is 0.260. The third kappa shape index (κ3) is 3.00. The number of halogens is 1. The summed E-state index contributed by atoms with van der Waals surface area (Å²) in [5.41, 5.74) is 1.84. The molecule has 21 heavy (non-hydrogen) atoms. The number of benzene rings is 2. The molecule has 2 aromatic carbocycles. The van der Waals surface area contributed by atoms with Crippen molar-refractivity contribution in [2.24, 2.45) is 0 Å². The maximum Gasteiger partial charge on any atom is 0.256 e. The van der Waals surface area contributed by atoms with Gasteiger partial charge in [-0.1, -0.05) is 46.3 Å². The van der Waals surface area contributed by atoms with Crippen molar-refractivity contribution in [3.05, 3.63) is 64.6 Å². The molecule has 0 fully saturated rings. The molecule has 0 radical (unpaired) electrons. The second kappa shape index (κ2) is 5.88. The van der Waals surface area contributed by atoms with Crippen molar-refractivity contribution in [1.29, 1.82) is 0 Å². The van der Waals surface area contributed by atoms with E-state index in [1.165, 1.54) is 0 Å². The van der Waals surface area contributed by atoms with Crippen LogP contribution < -0.4 is 5.32 Å². The van der Waals surface area contributed by atoms with Gasteiger partial charge in [-0.3, -0.25) is 4.79 Å². The summed E-state index contributed by atoms with van der Waals surface area (Å²) >= 11 is 3.37. The molecule has 3 rings (SSSR count). The number of aromatic nitrogens is 2. The monoisotopic (exact) mass is 343 g/mol. The van der Waals surface area contributed by atoms with Crippen LogP contribution in [-0.4, -0.2) is 16.2 Å². The van der Waals surface area contributed by atoms with Crippen LogP contribution in [-0.2, 0) is 0 Å². The van der Waals surface area contributed by atoms with Crippen molar-refractivity contribution >= 4 is 27.7 Å². The third-order valence-electron chi connectivity index (χ3n) is 2.87. The average Bonchev–Trinajstić information content (AvgIpc) is 2.97. The Hall–Kier alpha value is -2.47. The first-order valence-corrected chi connectivity index (χ1v) is 6.98. The Morgan fingerprint density at radius 2 is 1.71 bits per heavy atom. The Morgan fingerprint density at radius 3 is 2.43 bits per heavy atom. The summed E-state index contributed by atoms with van der Waals surface area (Å²) < 4.78 is 5.70. The first-order chi connectivity index (χ1) is 10.2. The van der Waals surface area contributed by atoms with Crippen molar-refractivity contribution in [2.45, 2.75) is 0 Å². The smallest absolute Gasteiger partial charge is 0.256 e. The number of nitrogens with one attached hydrogen (secondary N) is 1. The molecule has 1 amide bonds. The lowest BCUT2D eigenvalue weighted by Gasteiger charge is -2.03. The first kappa shape index (κ1) is 13.5. The van der Waals surface area contributed by atoms with Gasteiger partial charge in [0.15, 0.2) is 5.69 Å². The molecule has 0 unspecified atom stereocenters.